The highest BCUT2D eigenvalue weighted by Crippen LogP contribution is 2.34. The molecule has 0 unspecified atom stereocenters. The second kappa shape index (κ2) is 8.39. The number of nitrogens with zero attached hydrogens (tertiary/aromatic N) is 1. The smallest absolute Gasteiger partial charge is 0.276 e. The molecule has 0 atom stereocenters. The van der Waals surface area contributed by atoms with Gasteiger partial charge in [0.1, 0.15) is 5.75 Å². The minimum Gasteiger partial charge on any atom is -0.507 e. The maximum atomic E-state index is 12.1. The van der Waals surface area contributed by atoms with Gasteiger partial charge in [0.25, 0.3) is 11.6 Å². The summed E-state index contributed by atoms with van der Waals surface area (Å²) in [5.41, 5.74) is 0.269. The number of hydrogen-bond donors (Lipinski definition) is 2. The van der Waals surface area contributed by atoms with Crippen LogP contribution in [0.15, 0.2) is 30.3 Å². The summed E-state index contributed by atoms with van der Waals surface area (Å²) in [4.78, 5) is 22.9. The van der Waals surface area contributed by atoms with E-state index in [0.29, 0.717) is 16.3 Å². The Labute approximate surface area is 154 Å². The molecule has 2 rings (SSSR count). The molecule has 0 radical (unpaired) electrons. The van der Waals surface area contributed by atoms with Gasteiger partial charge in [0.2, 0.25) is 0 Å². The third-order valence-corrected chi connectivity index (χ3v) is 3.90. The predicted octanol–water partition coefficient (Wildman–Crippen LogP) is 2.94. The third-order valence-electron chi connectivity index (χ3n) is 3.66. The SMILES string of the molecule is COc1cc(CCNC(=O)c2cc(Cl)ccc2O)c([N+](=O)[O-])cc1OC. The van der Waals surface area contributed by atoms with Gasteiger partial charge in [0.15, 0.2) is 11.5 Å². The number of aromatic hydroxyl groups is 1. The summed E-state index contributed by atoms with van der Waals surface area (Å²) in [5, 5.41) is 23.9. The molecule has 0 heterocycles. The minimum absolute atomic E-state index is 0.0271. The predicted molar refractivity (Wildman–Crippen MR) is 95.4 cm³/mol. The second-order valence-electron chi connectivity index (χ2n) is 5.26. The summed E-state index contributed by atoms with van der Waals surface area (Å²) in [7, 11) is 2.82. The first-order valence-corrected chi connectivity index (χ1v) is 7.91. The zero-order chi connectivity index (χ0) is 19.3. The Bertz CT molecular complexity index is 840. The normalized spacial score (nSPS) is 10.3. The van der Waals surface area contributed by atoms with Crippen molar-refractivity contribution in [3.8, 4) is 17.2 Å². The van der Waals surface area contributed by atoms with Crippen molar-refractivity contribution in [2.45, 2.75) is 6.42 Å². The average Bonchev–Trinajstić information content (AvgIpc) is 2.62. The number of nitro groups is 1. The van der Waals surface area contributed by atoms with Gasteiger partial charge in [-0.05, 0) is 30.7 Å². The maximum absolute atomic E-state index is 12.1. The first-order valence-electron chi connectivity index (χ1n) is 7.53. The number of ether oxygens (including phenoxy) is 2. The van der Waals surface area contributed by atoms with Crippen molar-refractivity contribution >= 4 is 23.2 Å². The second-order valence-corrected chi connectivity index (χ2v) is 5.70. The van der Waals surface area contributed by atoms with Crippen LogP contribution in [0.3, 0.4) is 0 Å². The third kappa shape index (κ3) is 4.34. The molecule has 138 valence electrons. The number of rotatable bonds is 7. The van der Waals surface area contributed by atoms with Crippen LogP contribution < -0.4 is 14.8 Å². The topological polar surface area (TPSA) is 111 Å². The fourth-order valence-electron chi connectivity index (χ4n) is 2.38. The summed E-state index contributed by atoms with van der Waals surface area (Å²) in [6.45, 7) is 0.112. The van der Waals surface area contributed by atoms with Crippen molar-refractivity contribution in [2.24, 2.45) is 0 Å². The largest absolute Gasteiger partial charge is 0.507 e. The van der Waals surface area contributed by atoms with Crippen LogP contribution in [-0.2, 0) is 6.42 Å². The number of carbonyl (C=O) groups is 1. The van der Waals surface area contributed by atoms with Crippen LogP contribution in [0.1, 0.15) is 15.9 Å². The molecule has 0 fully saturated rings. The number of hydrogen-bond acceptors (Lipinski definition) is 6. The van der Waals surface area contributed by atoms with Crippen LogP contribution in [0.4, 0.5) is 5.69 Å². The molecular weight excluding hydrogens is 364 g/mol. The van der Waals surface area contributed by atoms with Crippen molar-refractivity contribution in [1.82, 2.24) is 5.32 Å². The summed E-state index contributed by atoms with van der Waals surface area (Å²) >= 11 is 5.82. The minimum atomic E-state index is -0.534. The van der Waals surface area contributed by atoms with Crippen LogP contribution in [0, 0.1) is 10.1 Å². The molecule has 0 bridgehead atoms. The van der Waals surface area contributed by atoms with Gasteiger partial charge < -0.3 is 19.9 Å². The molecule has 1 amide bonds. The van der Waals surface area contributed by atoms with E-state index in [1.54, 1.807) is 0 Å². The molecule has 26 heavy (non-hydrogen) atoms. The number of amides is 1. The van der Waals surface area contributed by atoms with Gasteiger partial charge in [-0.15, -0.1) is 0 Å². The molecule has 2 N–H and O–H groups in total. The number of methoxy groups -OCH3 is 2. The summed E-state index contributed by atoms with van der Waals surface area (Å²) in [5.74, 6) is -0.139. The Kier molecular flexibility index (Phi) is 6.24. The first-order chi connectivity index (χ1) is 12.4. The van der Waals surface area contributed by atoms with E-state index in [0.717, 1.165) is 0 Å². The number of halogens is 1. The number of phenolic OH excluding ortho intramolecular Hbond substituents is 1. The Morgan fingerprint density at radius 1 is 1.23 bits per heavy atom. The molecule has 0 saturated heterocycles. The van der Waals surface area contributed by atoms with Crippen molar-refractivity contribution in [3.63, 3.8) is 0 Å². The van der Waals surface area contributed by atoms with Crippen LogP contribution >= 0.6 is 11.6 Å². The first kappa shape index (κ1) is 19.3. The Balaban J connectivity index is 2.15. The summed E-state index contributed by atoms with van der Waals surface area (Å²) in [6, 6.07) is 6.89. The van der Waals surface area contributed by atoms with E-state index < -0.39 is 10.8 Å². The maximum Gasteiger partial charge on any atom is 0.276 e. The Morgan fingerprint density at radius 2 is 1.88 bits per heavy atom. The van der Waals surface area contributed by atoms with Gasteiger partial charge in [0.05, 0.1) is 30.8 Å². The van der Waals surface area contributed by atoms with E-state index in [1.807, 2.05) is 0 Å². The molecule has 0 aliphatic heterocycles. The van der Waals surface area contributed by atoms with Gasteiger partial charge in [-0.1, -0.05) is 11.6 Å². The van der Waals surface area contributed by atoms with E-state index >= 15 is 0 Å². The molecule has 9 heteroatoms. The molecule has 0 aliphatic carbocycles. The number of carbonyl (C=O) groups excluding carboxylic acids is 1. The molecule has 0 spiro atoms. The zero-order valence-electron chi connectivity index (χ0n) is 14.1. The van der Waals surface area contributed by atoms with Crippen molar-refractivity contribution in [2.75, 3.05) is 20.8 Å². The fourth-order valence-corrected chi connectivity index (χ4v) is 2.55. The standard InChI is InChI=1S/C17H17ClN2O6/c1-25-15-7-10(13(20(23)24)9-16(15)26-2)5-6-19-17(22)12-8-11(18)3-4-14(12)21/h3-4,7-9,21H,5-6H2,1-2H3,(H,19,22). The lowest BCUT2D eigenvalue weighted by atomic mass is 10.1. The Morgan fingerprint density at radius 3 is 2.50 bits per heavy atom. The number of nitrogens with one attached hydrogen (secondary N) is 1. The van der Waals surface area contributed by atoms with E-state index in [4.69, 9.17) is 21.1 Å². The number of phenols is 1. The molecule has 2 aromatic carbocycles. The number of benzene rings is 2. The number of nitro benzene ring substituents is 1. The molecular formula is C17H17ClN2O6. The van der Waals surface area contributed by atoms with E-state index in [1.165, 1.54) is 44.6 Å². The van der Waals surface area contributed by atoms with Crippen molar-refractivity contribution in [3.05, 3.63) is 56.6 Å². The van der Waals surface area contributed by atoms with Crippen LogP contribution in [0.5, 0.6) is 17.2 Å². The molecule has 8 nitrogen and oxygen atoms in total. The van der Waals surface area contributed by atoms with Gasteiger partial charge in [-0.2, -0.15) is 0 Å². The monoisotopic (exact) mass is 380 g/mol. The molecule has 2 aromatic rings. The van der Waals surface area contributed by atoms with Gasteiger partial charge in [-0.25, -0.2) is 0 Å². The van der Waals surface area contributed by atoms with Crippen LogP contribution in [0.2, 0.25) is 5.02 Å². The van der Waals surface area contributed by atoms with E-state index in [-0.39, 0.29) is 35.7 Å². The van der Waals surface area contributed by atoms with Gasteiger partial charge in [0, 0.05) is 17.1 Å². The average molecular weight is 381 g/mol. The van der Waals surface area contributed by atoms with Gasteiger partial charge in [-0.3, -0.25) is 14.9 Å². The lowest BCUT2D eigenvalue weighted by molar-refractivity contribution is -0.385. The molecule has 0 aliphatic rings. The zero-order valence-corrected chi connectivity index (χ0v) is 14.9. The van der Waals surface area contributed by atoms with Crippen LogP contribution in [-0.4, -0.2) is 36.7 Å². The highest BCUT2D eigenvalue weighted by Gasteiger charge is 2.19. The van der Waals surface area contributed by atoms with E-state index in [2.05, 4.69) is 5.32 Å². The lowest BCUT2D eigenvalue weighted by Crippen LogP contribution is -2.26. The quantitative estimate of drug-likeness (QED) is 0.564. The highest BCUT2D eigenvalue weighted by atomic mass is 35.5. The van der Waals surface area contributed by atoms with E-state index in [9.17, 15) is 20.0 Å². The van der Waals surface area contributed by atoms with Crippen molar-refractivity contribution in [1.29, 1.82) is 0 Å². The van der Waals surface area contributed by atoms with Gasteiger partial charge >= 0.3 is 0 Å². The Hall–Kier alpha value is -3.00. The molecule has 0 saturated carbocycles. The fraction of sp³-hybridized carbons (Fsp3) is 0.235. The molecule has 0 aromatic heterocycles. The summed E-state index contributed by atoms with van der Waals surface area (Å²) in [6.07, 6.45) is 0.184. The lowest BCUT2D eigenvalue weighted by Gasteiger charge is -2.11. The van der Waals surface area contributed by atoms with Crippen LogP contribution in [0.25, 0.3) is 0 Å². The highest BCUT2D eigenvalue weighted by molar-refractivity contribution is 6.31. The van der Waals surface area contributed by atoms with Crippen molar-refractivity contribution < 1.29 is 24.3 Å². The summed E-state index contributed by atoms with van der Waals surface area (Å²) < 4.78 is 10.2.